The van der Waals surface area contributed by atoms with Gasteiger partial charge in [-0.05, 0) is 40.3 Å². The van der Waals surface area contributed by atoms with Crippen molar-refractivity contribution >= 4 is 0 Å². The van der Waals surface area contributed by atoms with Gasteiger partial charge in [0.15, 0.2) is 0 Å². The van der Waals surface area contributed by atoms with Crippen molar-refractivity contribution in [1.29, 1.82) is 0 Å². The van der Waals surface area contributed by atoms with Crippen LogP contribution in [0.1, 0.15) is 34.1 Å². The van der Waals surface area contributed by atoms with Crippen molar-refractivity contribution in [3.8, 4) is 0 Å². The Bertz CT molecular complexity index is 167. The summed E-state index contributed by atoms with van der Waals surface area (Å²) in [6.07, 6.45) is 0.962. The Morgan fingerprint density at radius 1 is 1.33 bits per heavy atom. The lowest BCUT2D eigenvalue weighted by molar-refractivity contribution is 0.127. The van der Waals surface area contributed by atoms with Crippen molar-refractivity contribution in [3.63, 3.8) is 0 Å². The molecular weight excluding hydrogens is 188 g/mol. The van der Waals surface area contributed by atoms with Gasteiger partial charge in [-0.3, -0.25) is 0 Å². The normalized spacial score (nSPS) is 18.2. The first-order valence-electron chi connectivity index (χ1n) is 5.84. The molecular formula is C12H28N2O. The first-order chi connectivity index (χ1) is 6.84. The fraction of sp³-hybridized carbons (Fsp3) is 1.00. The van der Waals surface area contributed by atoms with Crippen molar-refractivity contribution in [2.75, 3.05) is 27.2 Å². The highest BCUT2D eigenvalue weighted by molar-refractivity contribution is 4.85. The minimum atomic E-state index is -0.162. The van der Waals surface area contributed by atoms with E-state index in [2.05, 4.69) is 45.0 Å². The van der Waals surface area contributed by atoms with Crippen molar-refractivity contribution < 1.29 is 5.11 Å². The first-order valence-corrected chi connectivity index (χ1v) is 5.84. The number of likely N-dealkylation sites (N-methyl/N-ethyl adjacent to an activating group) is 1. The van der Waals surface area contributed by atoms with Crippen molar-refractivity contribution in [3.05, 3.63) is 0 Å². The van der Waals surface area contributed by atoms with Crippen LogP contribution in [-0.2, 0) is 0 Å². The molecule has 92 valence electrons. The van der Waals surface area contributed by atoms with Gasteiger partial charge in [0.05, 0.1) is 6.61 Å². The van der Waals surface area contributed by atoms with Crippen molar-refractivity contribution in [1.82, 2.24) is 10.2 Å². The summed E-state index contributed by atoms with van der Waals surface area (Å²) in [4.78, 5) is 2.36. The van der Waals surface area contributed by atoms with Gasteiger partial charge in [-0.25, -0.2) is 0 Å². The highest BCUT2D eigenvalue weighted by Crippen LogP contribution is 2.15. The molecule has 0 aliphatic carbocycles. The number of aliphatic hydroxyl groups excluding tert-OH is 1. The van der Waals surface area contributed by atoms with Gasteiger partial charge in [-0.1, -0.05) is 13.8 Å². The molecule has 0 aromatic carbocycles. The Kier molecular flexibility index (Phi) is 6.41. The summed E-state index contributed by atoms with van der Waals surface area (Å²) < 4.78 is 0. The van der Waals surface area contributed by atoms with Gasteiger partial charge in [0.2, 0.25) is 0 Å². The number of hydrogen-bond acceptors (Lipinski definition) is 3. The van der Waals surface area contributed by atoms with E-state index >= 15 is 0 Å². The maximum atomic E-state index is 9.32. The Balaban J connectivity index is 4.15. The lowest BCUT2D eigenvalue weighted by Gasteiger charge is -2.34. The predicted molar refractivity (Wildman–Crippen MR) is 66.1 cm³/mol. The first kappa shape index (κ1) is 14.9. The molecule has 0 aliphatic rings. The number of nitrogens with one attached hydrogen (secondary N) is 1. The van der Waals surface area contributed by atoms with Gasteiger partial charge < -0.3 is 15.3 Å². The second kappa shape index (κ2) is 6.46. The van der Waals surface area contributed by atoms with Crippen LogP contribution in [0.5, 0.6) is 0 Å². The van der Waals surface area contributed by atoms with Crippen LogP contribution in [0.3, 0.4) is 0 Å². The van der Waals surface area contributed by atoms with E-state index in [0.29, 0.717) is 12.0 Å². The third kappa shape index (κ3) is 5.50. The van der Waals surface area contributed by atoms with Crippen LogP contribution in [0.4, 0.5) is 0 Å². The summed E-state index contributed by atoms with van der Waals surface area (Å²) in [6.45, 7) is 10.0. The Labute approximate surface area is 94.9 Å². The van der Waals surface area contributed by atoms with Crippen LogP contribution in [0.2, 0.25) is 0 Å². The second-order valence-electron chi connectivity index (χ2n) is 5.36. The topological polar surface area (TPSA) is 35.5 Å². The summed E-state index contributed by atoms with van der Waals surface area (Å²) in [5, 5.41) is 12.5. The predicted octanol–water partition coefficient (Wildman–Crippen LogP) is 1.32. The number of hydrogen-bond donors (Lipinski definition) is 2. The summed E-state index contributed by atoms with van der Waals surface area (Å²) in [6, 6.07) is 0.483. The van der Waals surface area contributed by atoms with Crippen LogP contribution in [0.15, 0.2) is 0 Å². The molecule has 2 unspecified atom stereocenters. The number of rotatable bonds is 7. The highest BCUT2D eigenvalue weighted by Gasteiger charge is 2.25. The van der Waals surface area contributed by atoms with Gasteiger partial charge in [0.1, 0.15) is 0 Å². The maximum absolute atomic E-state index is 9.32. The van der Waals surface area contributed by atoms with Gasteiger partial charge >= 0.3 is 0 Å². The number of nitrogens with zero attached hydrogens (tertiary/aromatic N) is 1. The van der Waals surface area contributed by atoms with E-state index in [1.807, 2.05) is 7.05 Å². The van der Waals surface area contributed by atoms with Crippen LogP contribution < -0.4 is 5.32 Å². The third-order valence-corrected chi connectivity index (χ3v) is 3.10. The zero-order chi connectivity index (χ0) is 12.1. The van der Waals surface area contributed by atoms with Crippen LogP contribution in [-0.4, -0.2) is 48.8 Å². The van der Waals surface area contributed by atoms with E-state index in [-0.39, 0.29) is 12.1 Å². The van der Waals surface area contributed by atoms with Crippen LogP contribution in [0, 0.1) is 5.92 Å². The average Bonchev–Trinajstić information content (AvgIpc) is 2.16. The van der Waals surface area contributed by atoms with E-state index < -0.39 is 0 Å². The molecule has 0 aromatic heterocycles. The molecule has 0 fully saturated rings. The molecule has 0 spiro atoms. The van der Waals surface area contributed by atoms with Gasteiger partial charge in [-0.2, -0.15) is 0 Å². The molecule has 15 heavy (non-hydrogen) atoms. The van der Waals surface area contributed by atoms with E-state index in [0.717, 1.165) is 13.0 Å². The van der Waals surface area contributed by atoms with Gasteiger partial charge in [0.25, 0.3) is 0 Å². The Hall–Kier alpha value is -0.120. The fourth-order valence-corrected chi connectivity index (χ4v) is 1.81. The van der Waals surface area contributed by atoms with E-state index in [9.17, 15) is 5.11 Å². The quantitative estimate of drug-likeness (QED) is 0.674. The minimum absolute atomic E-state index is 0.162. The molecule has 0 aliphatic heterocycles. The largest absolute Gasteiger partial charge is 0.394 e. The zero-order valence-electron chi connectivity index (χ0n) is 11.2. The lowest BCUT2D eigenvalue weighted by Crippen LogP contribution is -2.48. The van der Waals surface area contributed by atoms with Crippen LogP contribution >= 0.6 is 0 Å². The van der Waals surface area contributed by atoms with Gasteiger partial charge in [-0.15, -0.1) is 0 Å². The maximum Gasteiger partial charge on any atom is 0.0611 e. The standard InChI is InChI=1S/C12H28N2O/c1-10(2)8-14(6)11(3)7-12(4,9-15)13-5/h10-11,13,15H,7-9H2,1-6H3. The molecule has 0 aromatic rings. The SMILES string of the molecule is CNC(C)(CO)CC(C)N(C)CC(C)C. The molecule has 3 nitrogen and oxygen atoms in total. The average molecular weight is 216 g/mol. The Morgan fingerprint density at radius 3 is 2.20 bits per heavy atom. The summed E-state index contributed by atoms with van der Waals surface area (Å²) in [5.74, 6) is 0.687. The zero-order valence-corrected chi connectivity index (χ0v) is 11.2. The monoisotopic (exact) mass is 216 g/mol. The van der Waals surface area contributed by atoms with E-state index in [1.54, 1.807) is 0 Å². The molecule has 3 heteroatoms. The molecule has 0 amide bonds. The van der Waals surface area contributed by atoms with Crippen molar-refractivity contribution in [2.24, 2.45) is 5.92 Å². The lowest BCUT2D eigenvalue weighted by atomic mass is 9.94. The Morgan fingerprint density at radius 2 is 1.87 bits per heavy atom. The van der Waals surface area contributed by atoms with Crippen molar-refractivity contribution in [2.45, 2.75) is 45.7 Å². The molecule has 2 atom stereocenters. The summed E-state index contributed by atoms with van der Waals surface area (Å²) in [7, 11) is 4.06. The smallest absolute Gasteiger partial charge is 0.0611 e. The molecule has 2 N–H and O–H groups in total. The van der Waals surface area contributed by atoms with E-state index in [1.165, 1.54) is 0 Å². The molecule has 0 saturated carbocycles. The molecule has 0 bridgehead atoms. The van der Waals surface area contributed by atoms with Gasteiger partial charge in [0, 0.05) is 18.1 Å². The van der Waals surface area contributed by atoms with E-state index in [4.69, 9.17) is 0 Å². The minimum Gasteiger partial charge on any atom is -0.394 e. The molecule has 0 radical (unpaired) electrons. The summed E-state index contributed by atoms with van der Waals surface area (Å²) in [5.41, 5.74) is -0.162. The number of aliphatic hydroxyl groups is 1. The molecule has 0 heterocycles. The third-order valence-electron chi connectivity index (χ3n) is 3.10. The second-order valence-corrected chi connectivity index (χ2v) is 5.36. The molecule has 0 saturated heterocycles. The molecule has 0 rings (SSSR count). The summed E-state index contributed by atoms with van der Waals surface area (Å²) >= 11 is 0. The van der Waals surface area contributed by atoms with Crippen LogP contribution in [0.25, 0.3) is 0 Å². The fourth-order valence-electron chi connectivity index (χ4n) is 1.81. The highest BCUT2D eigenvalue weighted by atomic mass is 16.3.